The summed E-state index contributed by atoms with van der Waals surface area (Å²) in [7, 11) is 0. The van der Waals surface area contributed by atoms with Crippen LogP contribution in [0.5, 0.6) is 5.75 Å². The zero-order valence-electron chi connectivity index (χ0n) is 11.7. The molecule has 1 aromatic carbocycles. The van der Waals surface area contributed by atoms with Crippen LogP contribution in [-0.4, -0.2) is 30.1 Å². The first kappa shape index (κ1) is 14.4. The summed E-state index contributed by atoms with van der Waals surface area (Å²) in [5.74, 6) is -0.732. The number of hydrogen-bond acceptors (Lipinski definition) is 3. The van der Waals surface area contributed by atoms with Gasteiger partial charge in [-0.2, -0.15) is 0 Å². The van der Waals surface area contributed by atoms with Crippen LogP contribution in [0.15, 0.2) is 24.3 Å². The molecule has 1 unspecified atom stereocenters. The van der Waals surface area contributed by atoms with Gasteiger partial charge in [-0.1, -0.05) is 26.0 Å². The highest BCUT2D eigenvalue weighted by Gasteiger charge is 2.36. The molecule has 1 N–H and O–H groups in total. The second-order valence-corrected chi connectivity index (χ2v) is 5.42. The fourth-order valence-corrected chi connectivity index (χ4v) is 2.16. The zero-order chi connectivity index (χ0) is 14.7. The molecule has 1 aliphatic rings. The van der Waals surface area contributed by atoms with Crippen LogP contribution in [0.4, 0.5) is 5.69 Å². The first-order chi connectivity index (χ1) is 9.49. The van der Waals surface area contributed by atoms with E-state index in [0.717, 1.165) is 0 Å². The average molecular weight is 277 g/mol. The Morgan fingerprint density at radius 2 is 2.15 bits per heavy atom. The van der Waals surface area contributed by atoms with Crippen LogP contribution in [0.25, 0.3) is 0 Å². The van der Waals surface area contributed by atoms with Gasteiger partial charge in [-0.25, -0.2) is 0 Å². The van der Waals surface area contributed by atoms with Crippen LogP contribution in [0.2, 0.25) is 0 Å². The number of nitrogens with zero attached hydrogens (tertiary/aromatic N) is 1. The van der Waals surface area contributed by atoms with Crippen molar-refractivity contribution in [1.82, 2.24) is 0 Å². The van der Waals surface area contributed by atoms with Crippen molar-refractivity contribution >= 4 is 17.6 Å². The lowest BCUT2D eigenvalue weighted by Crippen LogP contribution is -2.26. The predicted molar refractivity (Wildman–Crippen MR) is 74.9 cm³/mol. The normalized spacial score (nSPS) is 18.6. The number of amides is 1. The number of benzene rings is 1. The van der Waals surface area contributed by atoms with Crippen molar-refractivity contribution in [2.45, 2.75) is 20.3 Å². The van der Waals surface area contributed by atoms with Gasteiger partial charge in [0, 0.05) is 13.0 Å². The number of carboxylic acid groups (broad SMARTS) is 1. The lowest BCUT2D eigenvalue weighted by molar-refractivity contribution is -0.141. The van der Waals surface area contributed by atoms with E-state index >= 15 is 0 Å². The van der Waals surface area contributed by atoms with Gasteiger partial charge in [0.15, 0.2) is 0 Å². The third-order valence-electron chi connectivity index (χ3n) is 3.20. The summed E-state index contributed by atoms with van der Waals surface area (Å²) in [4.78, 5) is 24.5. The van der Waals surface area contributed by atoms with Gasteiger partial charge < -0.3 is 14.7 Å². The maximum Gasteiger partial charge on any atom is 0.308 e. The Morgan fingerprint density at radius 1 is 1.45 bits per heavy atom. The van der Waals surface area contributed by atoms with Crippen molar-refractivity contribution < 1.29 is 19.4 Å². The highest BCUT2D eigenvalue weighted by Crippen LogP contribution is 2.33. The van der Waals surface area contributed by atoms with Crippen molar-refractivity contribution in [1.29, 1.82) is 0 Å². The van der Waals surface area contributed by atoms with Crippen molar-refractivity contribution in [3.8, 4) is 5.75 Å². The summed E-state index contributed by atoms with van der Waals surface area (Å²) in [6.07, 6.45) is 0.0495. The van der Waals surface area contributed by atoms with E-state index in [1.54, 1.807) is 12.1 Å². The number of hydrogen-bond donors (Lipinski definition) is 1. The molecule has 20 heavy (non-hydrogen) atoms. The third kappa shape index (κ3) is 3.10. The molecule has 108 valence electrons. The number of para-hydroxylation sites is 2. The van der Waals surface area contributed by atoms with E-state index < -0.39 is 11.9 Å². The highest BCUT2D eigenvalue weighted by molar-refractivity contribution is 6.00. The molecule has 1 fully saturated rings. The molecule has 0 spiro atoms. The summed E-state index contributed by atoms with van der Waals surface area (Å²) in [6.45, 7) is 4.85. The molecule has 1 atom stereocenters. The smallest absolute Gasteiger partial charge is 0.308 e. The Morgan fingerprint density at radius 3 is 2.75 bits per heavy atom. The molecular formula is C15H19NO4. The maximum absolute atomic E-state index is 12.0. The molecule has 0 saturated carbocycles. The fraction of sp³-hybridized carbons (Fsp3) is 0.467. The molecule has 5 nitrogen and oxygen atoms in total. The summed E-state index contributed by atoms with van der Waals surface area (Å²) in [5.41, 5.74) is 0.655. The minimum Gasteiger partial charge on any atom is -0.491 e. The Labute approximate surface area is 118 Å². The van der Waals surface area contributed by atoms with Crippen molar-refractivity contribution in [2.75, 3.05) is 18.1 Å². The van der Waals surface area contributed by atoms with Crippen LogP contribution >= 0.6 is 0 Å². The molecule has 0 bridgehead atoms. The quantitative estimate of drug-likeness (QED) is 0.895. The second-order valence-electron chi connectivity index (χ2n) is 5.42. The van der Waals surface area contributed by atoms with Gasteiger partial charge in [-0.3, -0.25) is 9.59 Å². The Kier molecular flexibility index (Phi) is 4.27. The number of carbonyl (C=O) groups excluding carboxylic acids is 1. The molecule has 1 aromatic rings. The minimum atomic E-state index is -0.929. The molecular weight excluding hydrogens is 258 g/mol. The van der Waals surface area contributed by atoms with Crippen LogP contribution in [0, 0.1) is 11.8 Å². The Hall–Kier alpha value is -2.04. The monoisotopic (exact) mass is 277 g/mol. The van der Waals surface area contributed by atoms with Gasteiger partial charge in [0.25, 0.3) is 0 Å². The Bertz CT molecular complexity index is 512. The second kappa shape index (κ2) is 5.94. The number of ether oxygens (including phenoxy) is 1. The lowest BCUT2D eigenvalue weighted by Gasteiger charge is -2.20. The number of carboxylic acids is 1. The van der Waals surface area contributed by atoms with Gasteiger partial charge in [0.05, 0.1) is 18.2 Å². The number of carbonyl (C=O) groups is 2. The van der Waals surface area contributed by atoms with E-state index in [1.807, 2.05) is 26.0 Å². The van der Waals surface area contributed by atoms with Crippen LogP contribution in [-0.2, 0) is 9.59 Å². The van der Waals surface area contributed by atoms with Crippen LogP contribution in [0.1, 0.15) is 20.3 Å². The van der Waals surface area contributed by atoms with E-state index in [9.17, 15) is 9.59 Å². The van der Waals surface area contributed by atoms with Gasteiger partial charge in [0.1, 0.15) is 5.75 Å². The molecule has 1 amide bonds. The summed E-state index contributed by atoms with van der Waals surface area (Å²) >= 11 is 0. The molecule has 1 saturated heterocycles. The minimum absolute atomic E-state index is 0.0495. The molecule has 5 heteroatoms. The Balaban J connectivity index is 2.20. The number of aliphatic carboxylic acids is 1. The van der Waals surface area contributed by atoms with Gasteiger partial charge in [0.2, 0.25) is 5.91 Å². The summed E-state index contributed by atoms with van der Waals surface area (Å²) in [6, 6.07) is 7.25. The highest BCUT2D eigenvalue weighted by atomic mass is 16.5. The predicted octanol–water partition coefficient (Wildman–Crippen LogP) is 2.16. The molecule has 0 aliphatic carbocycles. The van der Waals surface area contributed by atoms with E-state index in [0.29, 0.717) is 24.0 Å². The maximum atomic E-state index is 12.0. The molecule has 0 aromatic heterocycles. The first-order valence-electron chi connectivity index (χ1n) is 6.74. The SMILES string of the molecule is CC(C)COc1ccccc1N1CC(C(=O)O)CC1=O. The standard InChI is InChI=1S/C15H19NO4/c1-10(2)9-20-13-6-4-3-5-12(13)16-8-11(15(18)19)7-14(16)17/h3-6,10-11H,7-9H2,1-2H3,(H,18,19). The first-order valence-corrected chi connectivity index (χ1v) is 6.74. The number of rotatable bonds is 5. The van der Waals surface area contributed by atoms with Crippen LogP contribution < -0.4 is 9.64 Å². The van der Waals surface area contributed by atoms with E-state index in [1.165, 1.54) is 4.90 Å². The van der Waals surface area contributed by atoms with E-state index in [2.05, 4.69) is 0 Å². The summed E-state index contributed by atoms with van der Waals surface area (Å²) < 4.78 is 5.71. The van der Waals surface area contributed by atoms with Gasteiger partial charge >= 0.3 is 5.97 Å². The van der Waals surface area contributed by atoms with Crippen LogP contribution in [0.3, 0.4) is 0 Å². The summed E-state index contributed by atoms with van der Waals surface area (Å²) in [5, 5.41) is 9.03. The van der Waals surface area contributed by atoms with E-state index in [4.69, 9.17) is 9.84 Å². The topological polar surface area (TPSA) is 66.8 Å². The third-order valence-corrected chi connectivity index (χ3v) is 3.20. The van der Waals surface area contributed by atoms with Crippen molar-refractivity contribution in [3.63, 3.8) is 0 Å². The number of anilines is 1. The zero-order valence-corrected chi connectivity index (χ0v) is 11.7. The fourth-order valence-electron chi connectivity index (χ4n) is 2.16. The van der Waals surface area contributed by atoms with Crippen molar-refractivity contribution in [2.24, 2.45) is 11.8 Å². The largest absolute Gasteiger partial charge is 0.491 e. The molecule has 1 heterocycles. The van der Waals surface area contributed by atoms with Crippen molar-refractivity contribution in [3.05, 3.63) is 24.3 Å². The van der Waals surface area contributed by atoms with E-state index in [-0.39, 0.29) is 18.9 Å². The molecule has 1 aliphatic heterocycles. The van der Waals surface area contributed by atoms with Gasteiger partial charge in [-0.15, -0.1) is 0 Å². The molecule has 2 rings (SSSR count). The van der Waals surface area contributed by atoms with Gasteiger partial charge in [-0.05, 0) is 18.1 Å². The lowest BCUT2D eigenvalue weighted by atomic mass is 10.1. The average Bonchev–Trinajstić information content (AvgIpc) is 2.79. The molecule has 0 radical (unpaired) electrons.